The number of halogens is 1. The van der Waals surface area contributed by atoms with Crippen LogP contribution in [0.4, 0.5) is 0 Å². The SMILES string of the molecule is CCNC(=NCc1cccc(OCC(N)=O)c1)N(C)CC(=O)NC(C)(C)C.I. The standard InChI is InChI=1S/C19H31N5O3.HI/c1-6-21-18(24(5)12-17(26)23-19(2,3)4)22-11-14-8-7-9-15(10-14)27-13-16(20)25;/h7-10H,6,11-13H2,1-5H3,(H2,20,25)(H,21,22)(H,23,26);1H. The van der Waals surface area contributed by atoms with E-state index in [4.69, 9.17) is 10.5 Å². The Morgan fingerprint density at radius 3 is 2.54 bits per heavy atom. The first kappa shape index (κ1) is 26.0. The first-order valence-electron chi connectivity index (χ1n) is 8.91. The van der Waals surface area contributed by atoms with Gasteiger partial charge in [0.05, 0.1) is 13.1 Å². The molecule has 0 atom stereocenters. The third-order valence-corrected chi connectivity index (χ3v) is 3.28. The minimum atomic E-state index is -0.525. The largest absolute Gasteiger partial charge is 0.484 e. The number of amides is 2. The molecular weight excluding hydrogens is 473 g/mol. The number of hydrogen-bond acceptors (Lipinski definition) is 4. The fourth-order valence-corrected chi connectivity index (χ4v) is 2.27. The average molecular weight is 505 g/mol. The minimum Gasteiger partial charge on any atom is -0.484 e. The first-order chi connectivity index (χ1) is 12.6. The van der Waals surface area contributed by atoms with Crippen molar-refractivity contribution in [1.82, 2.24) is 15.5 Å². The van der Waals surface area contributed by atoms with Crippen LogP contribution in [0.3, 0.4) is 0 Å². The first-order valence-corrected chi connectivity index (χ1v) is 8.91. The number of primary amides is 1. The average Bonchev–Trinajstić information content (AvgIpc) is 2.55. The second-order valence-corrected chi connectivity index (χ2v) is 7.23. The maximum absolute atomic E-state index is 12.1. The van der Waals surface area contributed by atoms with Gasteiger partial charge in [0.25, 0.3) is 5.91 Å². The third kappa shape index (κ3) is 11.0. The van der Waals surface area contributed by atoms with E-state index in [1.54, 1.807) is 11.0 Å². The smallest absolute Gasteiger partial charge is 0.255 e. The number of rotatable bonds is 8. The molecule has 1 aromatic carbocycles. The number of guanidine groups is 1. The summed E-state index contributed by atoms with van der Waals surface area (Å²) in [6.07, 6.45) is 0. The van der Waals surface area contributed by atoms with E-state index in [1.165, 1.54) is 0 Å². The number of nitrogens with two attached hydrogens (primary N) is 1. The maximum Gasteiger partial charge on any atom is 0.255 e. The van der Waals surface area contributed by atoms with Gasteiger partial charge in [0.1, 0.15) is 5.75 Å². The van der Waals surface area contributed by atoms with Gasteiger partial charge in [-0.15, -0.1) is 24.0 Å². The topological polar surface area (TPSA) is 109 Å². The molecule has 9 heteroatoms. The lowest BCUT2D eigenvalue weighted by molar-refractivity contribution is -0.122. The fourth-order valence-electron chi connectivity index (χ4n) is 2.27. The number of hydrogen-bond donors (Lipinski definition) is 3. The number of likely N-dealkylation sites (N-methyl/N-ethyl adjacent to an activating group) is 1. The highest BCUT2D eigenvalue weighted by Gasteiger charge is 2.16. The van der Waals surface area contributed by atoms with E-state index >= 15 is 0 Å². The molecule has 0 aliphatic carbocycles. The normalized spacial score (nSPS) is 11.2. The van der Waals surface area contributed by atoms with Gasteiger partial charge in [-0.2, -0.15) is 0 Å². The zero-order valence-corrected chi connectivity index (χ0v) is 19.6. The van der Waals surface area contributed by atoms with E-state index in [9.17, 15) is 9.59 Å². The molecule has 0 bridgehead atoms. The molecule has 0 fully saturated rings. The summed E-state index contributed by atoms with van der Waals surface area (Å²) in [4.78, 5) is 29.3. The van der Waals surface area contributed by atoms with E-state index in [-0.39, 0.29) is 48.6 Å². The Labute approximate surface area is 184 Å². The highest BCUT2D eigenvalue weighted by Crippen LogP contribution is 2.14. The van der Waals surface area contributed by atoms with Crippen LogP contribution in [0.15, 0.2) is 29.3 Å². The Bertz CT molecular complexity index is 674. The van der Waals surface area contributed by atoms with Gasteiger partial charge in [0, 0.05) is 19.1 Å². The van der Waals surface area contributed by atoms with Crippen LogP contribution >= 0.6 is 24.0 Å². The second-order valence-electron chi connectivity index (χ2n) is 7.23. The summed E-state index contributed by atoms with van der Waals surface area (Å²) in [7, 11) is 1.82. The van der Waals surface area contributed by atoms with Crippen LogP contribution in [-0.2, 0) is 16.1 Å². The zero-order valence-electron chi connectivity index (χ0n) is 17.2. The lowest BCUT2D eigenvalue weighted by atomic mass is 10.1. The van der Waals surface area contributed by atoms with E-state index < -0.39 is 5.91 Å². The quantitative estimate of drug-likeness (QED) is 0.282. The molecule has 0 saturated carbocycles. The van der Waals surface area contributed by atoms with Crippen LogP contribution in [0.2, 0.25) is 0 Å². The molecule has 0 heterocycles. The third-order valence-electron chi connectivity index (χ3n) is 3.28. The summed E-state index contributed by atoms with van der Waals surface area (Å²) in [6.45, 7) is 8.92. The predicted molar refractivity (Wildman–Crippen MR) is 122 cm³/mol. The molecule has 1 aromatic rings. The monoisotopic (exact) mass is 505 g/mol. The Balaban J connectivity index is 0.00000729. The van der Waals surface area contributed by atoms with Crippen molar-refractivity contribution in [3.8, 4) is 5.75 Å². The molecule has 0 radical (unpaired) electrons. The summed E-state index contributed by atoms with van der Waals surface area (Å²) in [6, 6.07) is 7.30. The van der Waals surface area contributed by atoms with Crippen LogP contribution in [0.25, 0.3) is 0 Å². The molecule has 1 rings (SSSR count). The number of nitrogens with one attached hydrogen (secondary N) is 2. The minimum absolute atomic E-state index is 0. The number of carbonyl (C=O) groups excluding carboxylic acids is 2. The van der Waals surface area contributed by atoms with Crippen molar-refractivity contribution >= 4 is 41.8 Å². The lowest BCUT2D eigenvalue weighted by Gasteiger charge is -2.25. The Hall–Kier alpha value is -2.04. The summed E-state index contributed by atoms with van der Waals surface area (Å²) < 4.78 is 5.31. The van der Waals surface area contributed by atoms with Crippen molar-refractivity contribution < 1.29 is 14.3 Å². The van der Waals surface area contributed by atoms with Gasteiger partial charge < -0.3 is 26.0 Å². The van der Waals surface area contributed by atoms with Crippen LogP contribution < -0.4 is 21.1 Å². The summed E-state index contributed by atoms with van der Waals surface area (Å²) in [5.74, 6) is 0.592. The molecule has 28 heavy (non-hydrogen) atoms. The number of carbonyl (C=O) groups is 2. The highest BCUT2D eigenvalue weighted by molar-refractivity contribution is 14.0. The van der Waals surface area contributed by atoms with E-state index in [1.807, 2.05) is 52.9 Å². The molecule has 4 N–H and O–H groups in total. The Morgan fingerprint density at radius 2 is 1.96 bits per heavy atom. The fraction of sp³-hybridized carbons (Fsp3) is 0.526. The molecule has 0 aliphatic rings. The molecule has 0 aromatic heterocycles. The van der Waals surface area contributed by atoms with Crippen molar-refractivity contribution in [2.45, 2.75) is 39.8 Å². The van der Waals surface area contributed by atoms with Crippen molar-refractivity contribution in [2.24, 2.45) is 10.7 Å². The molecule has 8 nitrogen and oxygen atoms in total. The summed E-state index contributed by atoms with van der Waals surface area (Å²) in [5, 5.41) is 6.11. The molecule has 158 valence electrons. The number of benzene rings is 1. The zero-order chi connectivity index (χ0) is 20.4. The number of nitrogens with zero attached hydrogens (tertiary/aromatic N) is 2. The molecule has 2 amide bonds. The maximum atomic E-state index is 12.1. The van der Waals surface area contributed by atoms with Gasteiger partial charge in [0.2, 0.25) is 5.91 Å². The van der Waals surface area contributed by atoms with Gasteiger partial charge in [-0.05, 0) is 45.4 Å². The molecule has 0 spiro atoms. The highest BCUT2D eigenvalue weighted by atomic mass is 127. The molecule has 0 aliphatic heterocycles. The number of ether oxygens (including phenoxy) is 1. The summed E-state index contributed by atoms with van der Waals surface area (Å²) >= 11 is 0. The van der Waals surface area contributed by atoms with Gasteiger partial charge in [-0.1, -0.05) is 12.1 Å². The van der Waals surface area contributed by atoms with E-state index in [0.717, 1.165) is 5.56 Å². The Kier molecular flexibility index (Phi) is 11.5. The van der Waals surface area contributed by atoms with Gasteiger partial charge in [0.15, 0.2) is 12.6 Å². The molecule has 0 unspecified atom stereocenters. The summed E-state index contributed by atoms with van der Waals surface area (Å²) in [5.41, 5.74) is 5.73. The molecular formula is C19H32IN5O3. The van der Waals surface area contributed by atoms with Crippen LogP contribution in [0.1, 0.15) is 33.3 Å². The Morgan fingerprint density at radius 1 is 1.29 bits per heavy atom. The van der Waals surface area contributed by atoms with Crippen molar-refractivity contribution in [1.29, 1.82) is 0 Å². The number of aliphatic imine (C=N–C) groups is 1. The van der Waals surface area contributed by atoms with E-state index in [0.29, 0.717) is 24.8 Å². The van der Waals surface area contributed by atoms with Crippen molar-refractivity contribution in [3.63, 3.8) is 0 Å². The van der Waals surface area contributed by atoms with Crippen molar-refractivity contribution in [2.75, 3.05) is 26.7 Å². The van der Waals surface area contributed by atoms with E-state index in [2.05, 4.69) is 15.6 Å². The predicted octanol–water partition coefficient (Wildman–Crippen LogP) is 1.48. The molecule has 0 saturated heterocycles. The van der Waals surface area contributed by atoms with Gasteiger partial charge in [-0.25, -0.2) is 4.99 Å². The van der Waals surface area contributed by atoms with Crippen LogP contribution in [-0.4, -0.2) is 55.0 Å². The van der Waals surface area contributed by atoms with Crippen LogP contribution in [0.5, 0.6) is 5.75 Å². The second kappa shape index (κ2) is 12.4. The van der Waals surface area contributed by atoms with Crippen LogP contribution in [0, 0.1) is 0 Å². The van der Waals surface area contributed by atoms with Gasteiger partial charge >= 0.3 is 0 Å². The lowest BCUT2D eigenvalue weighted by Crippen LogP contribution is -2.48. The van der Waals surface area contributed by atoms with Gasteiger partial charge in [-0.3, -0.25) is 9.59 Å². The van der Waals surface area contributed by atoms with Crippen molar-refractivity contribution in [3.05, 3.63) is 29.8 Å².